The molecule has 1 atom stereocenters. The Bertz CT molecular complexity index is 1090. The summed E-state index contributed by atoms with van der Waals surface area (Å²) in [6, 6.07) is 7.98. The van der Waals surface area contributed by atoms with Crippen LogP contribution in [0.15, 0.2) is 34.5 Å². The number of fused-ring (bicyclic) bond motifs is 2. The van der Waals surface area contributed by atoms with Gasteiger partial charge in [-0.15, -0.1) is 11.3 Å². The standard InChI is InChI=1S/C23H29N3O3S2/c1-17-21-8-14-30-22(21)7-9-25(17)16-23(27)24-10-12-26(13-11-24)31(28,29)20-6-5-18-3-2-4-19(18)15-20/h5-6,8,14-15,17H,2-4,7,9-13,16H2,1H3. The third-order valence-corrected chi connectivity index (χ3v) is 9.93. The molecule has 1 aromatic carbocycles. The van der Waals surface area contributed by atoms with Gasteiger partial charge >= 0.3 is 0 Å². The fraction of sp³-hybridized carbons (Fsp3) is 0.522. The molecule has 166 valence electrons. The van der Waals surface area contributed by atoms with E-state index < -0.39 is 10.0 Å². The van der Waals surface area contributed by atoms with Crippen molar-refractivity contribution in [1.82, 2.24) is 14.1 Å². The van der Waals surface area contributed by atoms with E-state index in [1.54, 1.807) is 17.4 Å². The molecule has 5 rings (SSSR count). The Morgan fingerprint density at radius 2 is 1.81 bits per heavy atom. The van der Waals surface area contributed by atoms with Crippen molar-refractivity contribution in [3.8, 4) is 0 Å². The van der Waals surface area contributed by atoms with Crippen molar-refractivity contribution in [3.63, 3.8) is 0 Å². The van der Waals surface area contributed by atoms with Crippen LogP contribution in [0.5, 0.6) is 0 Å². The van der Waals surface area contributed by atoms with Crippen molar-refractivity contribution in [2.24, 2.45) is 0 Å². The lowest BCUT2D eigenvalue weighted by molar-refractivity contribution is -0.134. The summed E-state index contributed by atoms with van der Waals surface area (Å²) in [5.74, 6) is 0.0973. The van der Waals surface area contributed by atoms with Crippen molar-refractivity contribution < 1.29 is 13.2 Å². The Morgan fingerprint density at radius 1 is 1.03 bits per heavy atom. The van der Waals surface area contributed by atoms with Crippen LogP contribution in [0.2, 0.25) is 0 Å². The van der Waals surface area contributed by atoms with Gasteiger partial charge in [0.25, 0.3) is 0 Å². The number of thiophene rings is 1. The molecule has 31 heavy (non-hydrogen) atoms. The Balaban J connectivity index is 1.20. The second-order valence-electron chi connectivity index (χ2n) is 8.76. The summed E-state index contributed by atoms with van der Waals surface area (Å²) in [6.45, 7) is 5.08. The lowest BCUT2D eigenvalue weighted by Crippen LogP contribution is -2.53. The van der Waals surface area contributed by atoms with E-state index in [4.69, 9.17) is 0 Å². The number of carbonyl (C=O) groups is 1. The maximum Gasteiger partial charge on any atom is 0.243 e. The molecule has 2 aromatic rings. The zero-order valence-electron chi connectivity index (χ0n) is 17.9. The van der Waals surface area contributed by atoms with Gasteiger partial charge in [0.05, 0.1) is 11.4 Å². The SMILES string of the molecule is CC1c2ccsc2CCN1CC(=O)N1CCN(S(=O)(=O)c2ccc3c(c2)CCC3)CC1. The summed E-state index contributed by atoms with van der Waals surface area (Å²) in [5.41, 5.74) is 3.78. The van der Waals surface area contributed by atoms with E-state index in [1.807, 2.05) is 17.0 Å². The first-order valence-electron chi connectivity index (χ1n) is 11.1. The van der Waals surface area contributed by atoms with Gasteiger partial charge in [-0.2, -0.15) is 4.31 Å². The van der Waals surface area contributed by atoms with Gasteiger partial charge in [0.1, 0.15) is 0 Å². The zero-order chi connectivity index (χ0) is 21.6. The largest absolute Gasteiger partial charge is 0.339 e. The van der Waals surface area contributed by atoms with Crippen molar-refractivity contribution in [2.45, 2.75) is 43.5 Å². The van der Waals surface area contributed by atoms with E-state index in [0.29, 0.717) is 37.6 Å². The minimum absolute atomic E-state index is 0.0973. The van der Waals surface area contributed by atoms with Gasteiger partial charge in [0, 0.05) is 43.6 Å². The van der Waals surface area contributed by atoms with Gasteiger partial charge in [-0.1, -0.05) is 6.07 Å². The Morgan fingerprint density at radius 3 is 2.61 bits per heavy atom. The number of aryl methyl sites for hydroxylation is 2. The molecule has 0 spiro atoms. The molecule has 6 nitrogen and oxygen atoms in total. The fourth-order valence-corrected chi connectivity index (χ4v) is 7.52. The number of piperazine rings is 1. The molecule has 0 radical (unpaired) electrons. The second kappa shape index (κ2) is 8.31. The number of nitrogens with zero attached hydrogens (tertiary/aromatic N) is 3. The summed E-state index contributed by atoms with van der Waals surface area (Å²) >= 11 is 1.80. The van der Waals surface area contributed by atoms with Crippen molar-refractivity contribution in [2.75, 3.05) is 39.3 Å². The molecule has 0 saturated carbocycles. The van der Waals surface area contributed by atoms with Gasteiger partial charge in [-0.25, -0.2) is 8.42 Å². The molecule has 1 aliphatic carbocycles. The molecule has 1 fully saturated rings. The summed E-state index contributed by atoms with van der Waals surface area (Å²) in [5, 5.41) is 2.13. The predicted molar refractivity (Wildman–Crippen MR) is 122 cm³/mol. The molecule has 1 saturated heterocycles. The van der Waals surface area contributed by atoms with E-state index in [-0.39, 0.29) is 11.9 Å². The molecule has 3 heterocycles. The predicted octanol–water partition coefficient (Wildman–Crippen LogP) is 2.69. The van der Waals surface area contributed by atoms with Crippen molar-refractivity contribution in [1.29, 1.82) is 0 Å². The smallest absolute Gasteiger partial charge is 0.243 e. The second-order valence-corrected chi connectivity index (χ2v) is 11.7. The van der Waals surface area contributed by atoms with E-state index in [2.05, 4.69) is 23.3 Å². The van der Waals surface area contributed by atoms with Gasteiger partial charge in [0.15, 0.2) is 0 Å². The summed E-state index contributed by atoms with van der Waals surface area (Å²) in [6.07, 6.45) is 4.10. The monoisotopic (exact) mass is 459 g/mol. The van der Waals surface area contributed by atoms with E-state index in [0.717, 1.165) is 32.2 Å². The van der Waals surface area contributed by atoms with Crippen LogP contribution in [0.1, 0.15) is 41.0 Å². The molecule has 0 bridgehead atoms. The van der Waals surface area contributed by atoms with Crippen LogP contribution in [-0.2, 0) is 34.1 Å². The zero-order valence-corrected chi connectivity index (χ0v) is 19.6. The van der Waals surface area contributed by atoms with Gasteiger partial charge in [-0.05, 0) is 72.9 Å². The highest BCUT2D eigenvalue weighted by Crippen LogP contribution is 2.32. The maximum atomic E-state index is 13.1. The van der Waals surface area contributed by atoms with Gasteiger partial charge in [-0.3, -0.25) is 9.69 Å². The highest BCUT2D eigenvalue weighted by molar-refractivity contribution is 7.89. The fourth-order valence-electron chi connectivity index (χ4n) is 5.09. The average molecular weight is 460 g/mol. The maximum absolute atomic E-state index is 13.1. The topological polar surface area (TPSA) is 60.9 Å². The lowest BCUT2D eigenvalue weighted by atomic mass is 10.0. The van der Waals surface area contributed by atoms with Crippen LogP contribution in [0.3, 0.4) is 0 Å². The first-order chi connectivity index (χ1) is 14.9. The highest BCUT2D eigenvalue weighted by Gasteiger charge is 2.32. The number of amides is 1. The third-order valence-electron chi connectivity index (χ3n) is 7.04. The van der Waals surface area contributed by atoms with Crippen molar-refractivity contribution in [3.05, 3.63) is 51.2 Å². The average Bonchev–Trinajstić information content (AvgIpc) is 3.44. The minimum atomic E-state index is -3.51. The Kier molecular flexibility index (Phi) is 5.66. The quantitative estimate of drug-likeness (QED) is 0.705. The number of benzene rings is 1. The van der Waals surface area contributed by atoms with E-state index in [1.165, 1.54) is 25.9 Å². The van der Waals surface area contributed by atoms with Crippen molar-refractivity contribution >= 4 is 27.3 Å². The van der Waals surface area contributed by atoms with E-state index >= 15 is 0 Å². The third kappa shape index (κ3) is 3.95. The van der Waals surface area contributed by atoms with Crippen LogP contribution in [0, 0.1) is 0 Å². The molecule has 2 aliphatic heterocycles. The number of rotatable bonds is 4. The Hall–Kier alpha value is -1.74. The summed E-state index contributed by atoms with van der Waals surface area (Å²) in [7, 11) is -3.51. The van der Waals surface area contributed by atoms with Crippen LogP contribution < -0.4 is 0 Å². The van der Waals surface area contributed by atoms with Crippen LogP contribution in [-0.4, -0.2) is 67.7 Å². The molecular formula is C23H29N3O3S2. The molecule has 1 amide bonds. The Labute approximate surface area is 188 Å². The normalized spacial score (nSPS) is 22.4. The van der Waals surface area contributed by atoms with Gasteiger partial charge < -0.3 is 4.90 Å². The highest BCUT2D eigenvalue weighted by atomic mass is 32.2. The van der Waals surface area contributed by atoms with Crippen LogP contribution in [0.4, 0.5) is 0 Å². The molecule has 3 aliphatic rings. The minimum Gasteiger partial charge on any atom is -0.339 e. The number of sulfonamides is 1. The van der Waals surface area contributed by atoms with Crippen LogP contribution >= 0.6 is 11.3 Å². The molecule has 0 N–H and O–H groups in total. The first-order valence-corrected chi connectivity index (χ1v) is 13.5. The molecule has 1 aromatic heterocycles. The lowest BCUT2D eigenvalue weighted by Gasteiger charge is -2.37. The molecular weight excluding hydrogens is 430 g/mol. The van der Waals surface area contributed by atoms with Gasteiger partial charge in [0.2, 0.25) is 15.9 Å². The number of hydrogen-bond acceptors (Lipinski definition) is 5. The van der Waals surface area contributed by atoms with E-state index in [9.17, 15) is 13.2 Å². The number of hydrogen-bond donors (Lipinski definition) is 0. The summed E-state index contributed by atoms with van der Waals surface area (Å²) < 4.78 is 27.8. The molecule has 8 heteroatoms. The van der Waals surface area contributed by atoms with Crippen LogP contribution in [0.25, 0.3) is 0 Å². The molecule has 1 unspecified atom stereocenters. The summed E-state index contributed by atoms with van der Waals surface area (Å²) in [4.78, 5) is 18.8. The number of carbonyl (C=O) groups excluding carboxylic acids is 1. The first kappa shape index (κ1) is 21.1.